The van der Waals surface area contributed by atoms with E-state index in [4.69, 9.17) is 0 Å². The number of carbonyl (C=O) groups is 2. The van der Waals surface area contributed by atoms with Crippen LogP contribution in [0, 0.1) is 0 Å². The number of likely N-dealkylation sites (tertiary alicyclic amines) is 1. The first-order valence-electron chi connectivity index (χ1n) is 7.99. The van der Waals surface area contributed by atoms with E-state index in [0.717, 1.165) is 6.42 Å². The molecule has 0 aromatic carbocycles. The van der Waals surface area contributed by atoms with E-state index in [9.17, 15) is 9.59 Å². The lowest BCUT2D eigenvalue weighted by Gasteiger charge is -2.25. The Morgan fingerprint density at radius 1 is 1.21 bits per heavy atom. The number of carbonyl (C=O) groups excluding carboxylic acids is 2. The average Bonchev–Trinajstić information content (AvgIpc) is 3.01. The molecule has 1 fully saturated rings. The first kappa shape index (κ1) is 20.9. The van der Waals surface area contributed by atoms with Crippen LogP contribution >= 0.6 is 35.3 Å². The third-order valence-electron chi connectivity index (χ3n) is 3.73. The largest absolute Gasteiger partial charge is 0.355 e. The van der Waals surface area contributed by atoms with Gasteiger partial charge < -0.3 is 10.6 Å². The molecule has 0 radical (unpaired) electrons. The molecule has 1 aliphatic rings. The second-order valence-corrected chi connectivity index (χ2v) is 6.62. The van der Waals surface area contributed by atoms with Crippen LogP contribution < -0.4 is 10.6 Å². The molecule has 0 saturated carbocycles. The van der Waals surface area contributed by atoms with Gasteiger partial charge in [0.2, 0.25) is 11.8 Å². The van der Waals surface area contributed by atoms with Crippen molar-refractivity contribution in [3.8, 4) is 0 Å². The number of thiophene rings is 1. The smallest absolute Gasteiger partial charge is 0.229 e. The van der Waals surface area contributed by atoms with Crippen LogP contribution in [0.25, 0.3) is 0 Å². The predicted molar refractivity (Wildman–Crippen MR) is 108 cm³/mol. The van der Waals surface area contributed by atoms with Crippen LogP contribution in [0.1, 0.15) is 35.9 Å². The molecule has 2 N–H and O–H groups in total. The summed E-state index contributed by atoms with van der Waals surface area (Å²) in [6.07, 6.45) is 2.66. The maximum atomic E-state index is 11.7. The van der Waals surface area contributed by atoms with Gasteiger partial charge in [-0.05, 0) is 25.0 Å². The minimum atomic E-state index is -0.0725. The van der Waals surface area contributed by atoms with E-state index in [-0.39, 0.29) is 35.8 Å². The Balaban J connectivity index is 0.00000288. The van der Waals surface area contributed by atoms with E-state index >= 15 is 0 Å². The van der Waals surface area contributed by atoms with Gasteiger partial charge in [0.1, 0.15) is 0 Å². The highest BCUT2D eigenvalue weighted by atomic mass is 127. The van der Waals surface area contributed by atoms with Crippen molar-refractivity contribution < 1.29 is 9.59 Å². The van der Waals surface area contributed by atoms with Gasteiger partial charge >= 0.3 is 0 Å². The van der Waals surface area contributed by atoms with Crippen molar-refractivity contribution in [3.05, 3.63) is 21.9 Å². The topological polar surface area (TPSA) is 73.8 Å². The Labute approximate surface area is 164 Å². The molecule has 134 valence electrons. The van der Waals surface area contributed by atoms with Crippen LogP contribution in [0.2, 0.25) is 0 Å². The summed E-state index contributed by atoms with van der Waals surface area (Å²) >= 11 is 1.79. The fourth-order valence-electron chi connectivity index (χ4n) is 2.43. The molecule has 24 heavy (non-hydrogen) atoms. The summed E-state index contributed by atoms with van der Waals surface area (Å²) in [7, 11) is 1.71. The summed E-state index contributed by atoms with van der Waals surface area (Å²) in [5, 5.41) is 6.39. The van der Waals surface area contributed by atoms with E-state index in [1.54, 1.807) is 18.4 Å². The summed E-state index contributed by atoms with van der Waals surface area (Å²) in [5.41, 5.74) is 0. The Morgan fingerprint density at radius 3 is 2.46 bits per heavy atom. The van der Waals surface area contributed by atoms with E-state index in [0.29, 0.717) is 44.9 Å². The van der Waals surface area contributed by atoms with Crippen LogP contribution in [0.3, 0.4) is 0 Å². The van der Waals surface area contributed by atoms with Crippen LogP contribution in [0.15, 0.2) is 17.1 Å². The van der Waals surface area contributed by atoms with Crippen molar-refractivity contribution in [3.63, 3.8) is 0 Å². The van der Waals surface area contributed by atoms with Crippen molar-refractivity contribution in [1.82, 2.24) is 15.5 Å². The lowest BCUT2D eigenvalue weighted by molar-refractivity contribution is -0.147. The molecule has 0 atom stereocenters. The Kier molecular flexibility index (Phi) is 9.27. The van der Waals surface area contributed by atoms with Crippen LogP contribution in [-0.4, -0.2) is 42.8 Å². The summed E-state index contributed by atoms with van der Waals surface area (Å²) < 4.78 is 0. The highest BCUT2D eigenvalue weighted by Crippen LogP contribution is 2.16. The first-order chi connectivity index (χ1) is 11.1. The van der Waals surface area contributed by atoms with Gasteiger partial charge in [-0.1, -0.05) is 6.92 Å². The molecule has 0 unspecified atom stereocenters. The van der Waals surface area contributed by atoms with Gasteiger partial charge in [0.25, 0.3) is 0 Å². The average molecular weight is 464 g/mol. The number of aryl methyl sites for hydroxylation is 1. The number of halogens is 1. The molecule has 1 saturated heterocycles. The van der Waals surface area contributed by atoms with E-state index in [2.05, 4.69) is 34.7 Å². The molecule has 0 spiro atoms. The SMILES string of the molecule is CCc1ccc(CNC(=NC)NCCN2C(=O)CCCC2=O)s1.I. The summed E-state index contributed by atoms with van der Waals surface area (Å²) in [6, 6.07) is 4.26. The molecule has 1 aromatic heterocycles. The quantitative estimate of drug-likeness (QED) is 0.293. The zero-order chi connectivity index (χ0) is 16.7. The number of nitrogens with one attached hydrogen (secondary N) is 2. The molecule has 0 aliphatic carbocycles. The molecular weight excluding hydrogens is 439 g/mol. The van der Waals surface area contributed by atoms with E-state index < -0.39 is 0 Å². The minimum absolute atomic E-state index is 0. The zero-order valence-corrected chi connectivity index (χ0v) is 17.3. The van der Waals surface area contributed by atoms with Gasteiger partial charge in [0, 0.05) is 42.7 Å². The zero-order valence-electron chi connectivity index (χ0n) is 14.1. The van der Waals surface area contributed by atoms with Crippen molar-refractivity contribution in [1.29, 1.82) is 0 Å². The number of guanidine groups is 1. The summed E-state index contributed by atoms with van der Waals surface area (Å²) in [4.78, 5) is 31.6. The lowest BCUT2D eigenvalue weighted by Crippen LogP contribution is -2.46. The number of nitrogens with zero attached hydrogens (tertiary/aromatic N) is 2. The molecule has 1 aliphatic heterocycles. The normalized spacial score (nSPS) is 15.2. The molecule has 0 bridgehead atoms. The number of aliphatic imine (C=N–C) groups is 1. The number of hydrogen-bond donors (Lipinski definition) is 2. The Hall–Kier alpha value is -1.16. The fraction of sp³-hybridized carbons (Fsp3) is 0.562. The standard InChI is InChI=1S/C16H24N4O2S.HI/c1-3-12-7-8-13(23-12)11-19-16(17-2)18-9-10-20-14(21)5-4-6-15(20)22;/h7-8H,3-6,9-11H2,1-2H3,(H2,17,18,19);1H. The molecule has 6 nitrogen and oxygen atoms in total. The minimum Gasteiger partial charge on any atom is -0.355 e. The first-order valence-corrected chi connectivity index (χ1v) is 8.81. The van der Waals surface area contributed by atoms with Gasteiger partial charge in [0.15, 0.2) is 5.96 Å². The van der Waals surface area contributed by atoms with Crippen LogP contribution in [0.4, 0.5) is 0 Å². The van der Waals surface area contributed by atoms with E-state index in [1.165, 1.54) is 14.7 Å². The lowest BCUT2D eigenvalue weighted by atomic mass is 10.1. The number of hydrogen-bond acceptors (Lipinski definition) is 4. The number of piperidine rings is 1. The third kappa shape index (κ3) is 6.04. The highest BCUT2D eigenvalue weighted by molar-refractivity contribution is 14.0. The van der Waals surface area contributed by atoms with Crippen molar-refractivity contribution in [2.45, 2.75) is 39.2 Å². The van der Waals surface area contributed by atoms with E-state index in [1.807, 2.05) is 0 Å². The summed E-state index contributed by atoms with van der Waals surface area (Å²) in [5.74, 6) is 0.529. The summed E-state index contributed by atoms with van der Waals surface area (Å²) in [6.45, 7) is 3.75. The second-order valence-electron chi connectivity index (χ2n) is 5.37. The monoisotopic (exact) mass is 464 g/mol. The molecule has 2 amide bonds. The van der Waals surface area contributed by atoms with Gasteiger partial charge in [-0.25, -0.2) is 0 Å². The van der Waals surface area contributed by atoms with Crippen LogP contribution in [-0.2, 0) is 22.6 Å². The van der Waals surface area contributed by atoms with Crippen molar-refractivity contribution >= 4 is 53.1 Å². The number of amides is 2. The van der Waals surface area contributed by atoms with Gasteiger partial charge in [-0.15, -0.1) is 35.3 Å². The van der Waals surface area contributed by atoms with Gasteiger partial charge in [-0.3, -0.25) is 19.5 Å². The molecule has 8 heteroatoms. The second kappa shape index (κ2) is 10.7. The van der Waals surface area contributed by atoms with Crippen molar-refractivity contribution in [2.75, 3.05) is 20.1 Å². The Bertz CT molecular complexity index is 572. The molecule has 2 heterocycles. The van der Waals surface area contributed by atoms with Crippen molar-refractivity contribution in [2.24, 2.45) is 4.99 Å². The fourth-order valence-corrected chi connectivity index (χ4v) is 3.33. The molecular formula is C16H25IN4O2S. The Morgan fingerprint density at radius 2 is 1.88 bits per heavy atom. The predicted octanol–water partition coefficient (Wildman–Crippen LogP) is 2.13. The van der Waals surface area contributed by atoms with Gasteiger partial charge in [-0.2, -0.15) is 0 Å². The third-order valence-corrected chi connectivity index (χ3v) is 4.96. The maximum Gasteiger partial charge on any atom is 0.229 e. The molecule has 1 aromatic rings. The van der Waals surface area contributed by atoms with Crippen LogP contribution in [0.5, 0.6) is 0 Å². The van der Waals surface area contributed by atoms with Gasteiger partial charge in [0.05, 0.1) is 6.54 Å². The maximum absolute atomic E-state index is 11.7. The highest BCUT2D eigenvalue weighted by Gasteiger charge is 2.25. The molecule has 2 rings (SSSR count). The number of imide groups is 1. The number of rotatable bonds is 6.